The van der Waals surface area contributed by atoms with Crippen molar-refractivity contribution in [2.45, 2.75) is 32.2 Å². The zero-order valence-electron chi connectivity index (χ0n) is 11.0. The molecule has 0 amide bonds. The van der Waals surface area contributed by atoms with Crippen molar-refractivity contribution in [1.29, 1.82) is 0 Å². The summed E-state index contributed by atoms with van der Waals surface area (Å²) in [4.78, 5) is 2.12. The molecular formula is C11H24N2O2S2. The smallest absolute Gasteiger partial charge is 0.166 e. The van der Waals surface area contributed by atoms with Crippen molar-refractivity contribution in [2.24, 2.45) is 0 Å². The van der Waals surface area contributed by atoms with Crippen LogP contribution in [0.25, 0.3) is 0 Å². The summed E-state index contributed by atoms with van der Waals surface area (Å²) in [6.45, 7) is 8.51. The summed E-state index contributed by atoms with van der Waals surface area (Å²) in [5.74, 6) is 2.00. The number of nitrogens with one attached hydrogen (secondary N) is 1. The Morgan fingerprint density at radius 3 is 2.76 bits per heavy atom. The molecule has 6 heteroatoms. The third-order valence-corrected chi connectivity index (χ3v) is 6.29. The van der Waals surface area contributed by atoms with Crippen LogP contribution in [-0.4, -0.2) is 61.6 Å². The van der Waals surface area contributed by atoms with Crippen LogP contribution in [0.2, 0.25) is 0 Å². The topological polar surface area (TPSA) is 49.4 Å². The summed E-state index contributed by atoms with van der Waals surface area (Å²) in [6, 6.07) is 0.454. The van der Waals surface area contributed by atoms with Crippen molar-refractivity contribution >= 4 is 21.6 Å². The molecule has 1 unspecified atom stereocenters. The monoisotopic (exact) mass is 280 g/mol. The minimum atomic E-state index is -2.94. The molecule has 0 bridgehead atoms. The molecule has 0 aliphatic carbocycles. The molecule has 0 spiro atoms. The van der Waals surface area contributed by atoms with E-state index in [1.807, 2.05) is 0 Å². The lowest BCUT2D eigenvalue weighted by Gasteiger charge is -2.34. The van der Waals surface area contributed by atoms with Gasteiger partial charge >= 0.3 is 0 Å². The molecule has 0 aromatic carbocycles. The predicted octanol–water partition coefficient (Wildman–Crippen LogP) is 0.794. The molecule has 102 valence electrons. The van der Waals surface area contributed by atoms with Crippen LogP contribution >= 0.6 is 11.8 Å². The zero-order valence-corrected chi connectivity index (χ0v) is 12.6. The average molecular weight is 280 g/mol. The number of sulfone groups is 1. The first-order chi connectivity index (χ1) is 7.97. The molecule has 1 fully saturated rings. The standard InChI is InChI=1S/C11H24N2O2S2/c1-4-17(14,15)11-9-16-8-7-13(11)6-5-12-10(2)3/h10-12H,4-9H2,1-3H3. The van der Waals surface area contributed by atoms with Gasteiger partial charge in [-0.1, -0.05) is 20.8 Å². The second kappa shape index (κ2) is 6.97. The van der Waals surface area contributed by atoms with Gasteiger partial charge < -0.3 is 5.32 Å². The first-order valence-electron chi connectivity index (χ1n) is 6.24. The van der Waals surface area contributed by atoms with E-state index < -0.39 is 9.84 Å². The van der Waals surface area contributed by atoms with Crippen LogP contribution in [0.4, 0.5) is 0 Å². The normalized spacial score (nSPS) is 23.2. The molecule has 0 radical (unpaired) electrons. The van der Waals surface area contributed by atoms with Crippen LogP contribution in [0.1, 0.15) is 20.8 Å². The highest BCUT2D eigenvalue weighted by Gasteiger charge is 2.32. The van der Waals surface area contributed by atoms with Crippen LogP contribution in [-0.2, 0) is 9.84 Å². The van der Waals surface area contributed by atoms with Gasteiger partial charge in [-0.2, -0.15) is 11.8 Å². The van der Waals surface area contributed by atoms with Gasteiger partial charge in [0.2, 0.25) is 0 Å². The van der Waals surface area contributed by atoms with E-state index in [0.29, 0.717) is 6.04 Å². The molecule has 1 saturated heterocycles. The first kappa shape index (κ1) is 15.3. The van der Waals surface area contributed by atoms with E-state index in [1.54, 1.807) is 18.7 Å². The summed E-state index contributed by atoms with van der Waals surface area (Å²) in [5, 5.41) is 3.06. The summed E-state index contributed by atoms with van der Waals surface area (Å²) in [5.41, 5.74) is 0. The van der Waals surface area contributed by atoms with Crippen LogP contribution in [0, 0.1) is 0 Å². The molecule has 17 heavy (non-hydrogen) atoms. The van der Waals surface area contributed by atoms with Crippen LogP contribution in [0.3, 0.4) is 0 Å². The van der Waals surface area contributed by atoms with Gasteiger partial charge in [0.15, 0.2) is 9.84 Å². The minimum Gasteiger partial charge on any atom is -0.313 e. The molecule has 0 saturated carbocycles. The number of rotatable bonds is 6. The lowest BCUT2D eigenvalue weighted by Crippen LogP contribution is -2.50. The molecule has 1 aliphatic rings. The fourth-order valence-corrected chi connectivity index (χ4v) is 5.00. The van der Waals surface area contributed by atoms with Crippen molar-refractivity contribution in [3.63, 3.8) is 0 Å². The average Bonchev–Trinajstić information content (AvgIpc) is 2.29. The second-order valence-corrected chi connectivity index (χ2v) is 8.22. The molecule has 1 rings (SSSR count). The summed E-state index contributed by atoms with van der Waals surface area (Å²) in [6.07, 6.45) is 0. The van der Waals surface area contributed by atoms with Gasteiger partial charge in [-0.15, -0.1) is 0 Å². The van der Waals surface area contributed by atoms with E-state index in [9.17, 15) is 8.42 Å². The molecule has 1 heterocycles. The molecule has 4 nitrogen and oxygen atoms in total. The van der Waals surface area contributed by atoms with Crippen molar-refractivity contribution in [3.8, 4) is 0 Å². The van der Waals surface area contributed by atoms with Crippen LogP contribution in [0.15, 0.2) is 0 Å². The maximum absolute atomic E-state index is 12.0. The first-order valence-corrected chi connectivity index (χ1v) is 9.11. The Morgan fingerprint density at radius 2 is 2.18 bits per heavy atom. The van der Waals surface area contributed by atoms with Gasteiger partial charge in [0.1, 0.15) is 5.37 Å². The minimum absolute atomic E-state index is 0.242. The fourth-order valence-electron chi connectivity index (χ4n) is 1.89. The fraction of sp³-hybridized carbons (Fsp3) is 1.00. The lowest BCUT2D eigenvalue weighted by atomic mass is 10.4. The third kappa shape index (κ3) is 4.77. The maximum Gasteiger partial charge on any atom is 0.166 e. The number of nitrogens with zero attached hydrogens (tertiary/aromatic N) is 1. The highest BCUT2D eigenvalue weighted by Crippen LogP contribution is 2.20. The molecular weight excluding hydrogens is 256 g/mol. The van der Waals surface area contributed by atoms with E-state index >= 15 is 0 Å². The van der Waals surface area contributed by atoms with E-state index in [2.05, 4.69) is 24.1 Å². The van der Waals surface area contributed by atoms with Gasteiger partial charge in [-0.25, -0.2) is 8.42 Å². The van der Waals surface area contributed by atoms with Gasteiger partial charge in [0.05, 0.1) is 0 Å². The van der Waals surface area contributed by atoms with E-state index in [-0.39, 0.29) is 11.1 Å². The Morgan fingerprint density at radius 1 is 1.47 bits per heavy atom. The quantitative estimate of drug-likeness (QED) is 0.780. The van der Waals surface area contributed by atoms with Crippen molar-refractivity contribution < 1.29 is 8.42 Å². The third-order valence-electron chi connectivity index (χ3n) is 2.96. The second-order valence-electron chi connectivity index (χ2n) is 4.63. The molecule has 1 N–H and O–H groups in total. The lowest BCUT2D eigenvalue weighted by molar-refractivity contribution is 0.267. The number of hydrogen-bond acceptors (Lipinski definition) is 5. The van der Waals surface area contributed by atoms with Gasteiger partial charge in [0.25, 0.3) is 0 Å². The molecule has 0 aromatic rings. The van der Waals surface area contributed by atoms with Gasteiger partial charge in [0, 0.05) is 42.9 Å². The molecule has 1 aliphatic heterocycles. The van der Waals surface area contributed by atoms with Crippen LogP contribution in [0.5, 0.6) is 0 Å². The summed E-state index contributed by atoms with van der Waals surface area (Å²) < 4.78 is 24.0. The maximum atomic E-state index is 12.0. The highest BCUT2D eigenvalue weighted by atomic mass is 32.2. The number of thioether (sulfide) groups is 1. The molecule has 0 aromatic heterocycles. The summed E-state index contributed by atoms with van der Waals surface area (Å²) >= 11 is 1.75. The Bertz CT molecular complexity index is 317. The van der Waals surface area contributed by atoms with Crippen molar-refractivity contribution in [1.82, 2.24) is 10.2 Å². The Kier molecular flexibility index (Phi) is 6.26. The molecule has 1 atom stereocenters. The number of hydrogen-bond donors (Lipinski definition) is 1. The Balaban J connectivity index is 2.54. The van der Waals surface area contributed by atoms with E-state index in [1.165, 1.54) is 0 Å². The summed E-state index contributed by atoms with van der Waals surface area (Å²) in [7, 11) is -2.94. The van der Waals surface area contributed by atoms with Crippen molar-refractivity contribution in [2.75, 3.05) is 36.9 Å². The van der Waals surface area contributed by atoms with E-state index in [4.69, 9.17) is 0 Å². The highest BCUT2D eigenvalue weighted by molar-refractivity contribution is 8.01. The Labute approximate surface area is 109 Å². The van der Waals surface area contributed by atoms with E-state index in [0.717, 1.165) is 31.1 Å². The SMILES string of the molecule is CCS(=O)(=O)C1CSCCN1CCNC(C)C. The van der Waals surface area contributed by atoms with Gasteiger partial charge in [-0.3, -0.25) is 4.90 Å². The Hall–Kier alpha value is 0.220. The van der Waals surface area contributed by atoms with Gasteiger partial charge in [-0.05, 0) is 0 Å². The van der Waals surface area contributed by atoms with Crippen LogP contribution < -0.4 is 5.32 Å². The largest absolute Gasteiger partial charge is 0.313 e. The van der Waals surface area contributed by atoms with Crippen molar-refractivity contribution in [3.05, 3.63) is 0 Å². The zero-order chi connectivity index (χ0) is 12.9. The predicted molar refractivity (Wildman–Crippen MR) is 75.3 cm³/mol.